The molecule has 96 valence electrons. The molecule has 0 saturated carbocycles. The maximum Gasteiger partial charge on any atom is 0.323 e. The minimum atomic E-state index is -0.0866. The summed E-state index contributed by atoms with van der Waals surface area (Å²) in [5, 5.41) is 0. The van der Waals surface area contributed by atoms with Crippen LogP contribution in [-0.2, 0) is 9.53 Å². The molecule has 1 heterocycles. The standard InChI is InChI=1S/C14H23NO2/c1-4-7-12(8-5-2)11-17-14(16)13-9-6-10-15(13)3/h4,7-8,13H,5-6,9-11H2,1-3H3/b7-4-,12-8+/t13-/m0/s1. The lowest BCUT2D eigenvalue weighted by Gasteiger charge is -2.17. The van der Waals surface area contributed by atoms with Crippen molar-refractivity contribution < 1.29 is 9.53 Å². The molecule has 3 nitrogen and oxygen atoms in total. The number of esters is 1. The number of nitrogens with zero attached hydrogens (tertiary/aromatic N) is 1. The Morgan fingerprint density at radius 3 is 2.82 bits per heavy atom. The molecule has 3 heteroatoms. The van der Waals surface area contributed by atoms with Crippen molar-refractivity contribution in [2.45, 2.75) is 39.2 Å². The van der Waals surface area contributed by atoms with Gasteiger partial charge in [-0.05, 0) is 45.4 Å². The largest absolute Gasteiger partial charge is 0.460 e. The summed E-state index contributed by atoms with van der Waals surface area (Å²) in [5.74, 6) is -0.0866. The Balaban J connectivity index is 2.43. The number of hydrogen-bond acceptors (Lipinski definition) is 3. The van der Waals surface area contributed by atoms with Crippen LogP contribution in [0.25, 0.3) is 0 Å². The van der Waals surface area contributed by atoms with Crippen LogP contribution in [0.3, 0.4) is 0 Å². The smallest absolute Gasteiger partial charge is 0.323 e. The summed E-state index contributed by atoms with van der Waals surface area (Å²) in [7, 11) is 1.98. The molecule has 0 aliphatic carbocycles. The van der Waals surface area contributed by atoms with Gasteiger partial charge in [-0.1, -0.05) is 25.2 Å². The number of hydrogen-bond donors (Lipinski definition) is 0. The van der Waals surface area contributed by atoms with Crippen LogP contribution < -0.4 is 0 Å². The average molecular weight is 237 g/mol. The second-order valence-corrected chi connectivity index (χ2v) is 4.43. The normalized spacial score (nSPS) is 22.3. The van der Waals surface area contributed by atoms with E-state index in [2.05, 4.69) is 17.9 Å². The first-order valence-electron chi connectivity index (χ1n) is 6.37. The fourth-order valence-electron chi connectivity index (χ4n) is 2.11. The van der Waals surface area contributed by atoms with Crippen molar-refractivity contribution in [3.8, 4) is 0 Å². The van der Waals surface area contributed by atoms with Gasteiger partial charge in [-0.3, -0.25) is 9.69 Å². The number of ether oxygens (including phenoxy) is 1. The van der Waals surface area contributed by atoms with Gasteiger partial charge in [-0.25, -0.2) is 0 Å². The van der Waals surface area contributed by atoms with E-state index in [9.17, 15) is 4.79 Å². The summed E-state index contributed by atoms with van der Waals surface area (Å²) in [6.45, 7) is 5.43. The van der Waals surface area contributed by atoms with Crippen LogP contribution in [0.15, 0.2) is 23.8 Å². The summed E-state index contributed by atoms with van der Waals surface area (Å²) < 4.78 is 5.36. The number of allylic oxidation sites excluding steroid dienone is 2. The summed E-state index contributed by atoms with van der Waals surface area (Å²) in [6, 6.07) is -0.0384. The molecule has 17 heavy (non-hydrogen) atoms. The molecular formula is C14H23NO2. The SMILES string of the molecule is C/C=C\C(=C/CC)COC(=O)[C@@H]1CCCN1C. The summed E-state index contributed by atoms with van der Waals surface area (Å²) in [5.41, 5.74) is 1.07. The highest BCUT2D eigenvalue weighted by molar-refractivity contribution is 5.76. The van der Waals surface area contributed by atoms with Crippen molar-refractivity contribution in [2.24, 2.45) is 0 Å². The number of likely N-dealkylation sites (tertiary alicyclic amines) is 1. The van der Waals surface area contributed by atoms with Crippen molar-refractivity contribution in [3.63, 3.8) is 0 Å². The maximum atomic E-state index is 11.9. The van der Waals surface area contributed by atoms with Gasteiger partial charge in [-0.2, -0.15) is 0 Å². The Hall–Kier alpha value is -1.09. The molecule has 0 aromatic heterocycles. The monoisotopic (exact) mass is 237 g/mol. The highest BCUT2D eigenvalue weighted by Gasteiger charge is 2.28. The lowest BCUT2D eigenvalue weighted by molar-refractivity contribution is -0.147. The van der Waals surface area contributed by atoms with Crippen LogP contribution in [0.1, 0.15) is 33.1 Å². The van der Waals surface area contributed by atoms with Crippen LogP contribution in [0.5, 0.6) is 0 Å². The molecule has 0 aromatic rings. The Morgan fingerprint density at radius 1 is 1.53 bits per heavy atom. The average Bonchev–Trinajstić information content (AvgIpc) is 2.72. The van der Waals surface area contributed by atoms with E-state index < -0.39 is 0 Å². The van der Waals surface area contributed by atoms with Crippen LogP contribution >= 0.6 is 0 Å². The summed E-state index contributed by atoms with van der Waals surface area (Å²) in [4.78, 5) is 13.9. The lowest BCUT2D eigenvalue weighted by atomic mass is 10.2. The highest BCUT2D eigenvalue weighted by Crippen LogP contribution is 2.16. The van der Waals surface area contributed by atoms with E-state index in [0.29, 0.717) is 6.61 Å². The molecule has 0 aromatic carbocycles. The van der Waals surface area contributed by atoms with Crippen LogP contribution in [0.2, 0.25) is 0 Å². The molecule has 1 aliphatic heterocycles. The fraction of sp³-hybridized carbons (Fsp3) is 0.643. The number of rotatable bonds is 5. The lowest BCUT2D eigenvalue weighted by Crippen LogP contribution is -2.34. The molecule has 1 atom stereocenters. The number of carbonyl (C=O) groups is 1. The topological polar surface area (TPSA) is 29.5 Å². The van der Waals surface area contributed by atoms with Crippen LogP contribution in [-0.4, -0.2) is 37.1 Å². The molecule has 0 amide bonds. The zero-order valence-electron chi connectivity index (χ0n) is 11.1. The maximum absolute atomic E-state index is 11.9. The minimum Gasteiger partial charge on any atom is -0.460 e. The molecule has 1 fully saturated rings. The van der Waals surface area contributed by atoms with Gasteiger partial charge in [0.05, 0.1) is 0 Å². The molecule has 0 radical (unpaired) electrons. The molecule has 0 spiro atoms. The molecule has 1 rings (SSSR count). The molecule has 0 bridgehead atoms. The van der Waals surface area contributed by atoms with Crippen molar-refractivity contribution in [1.29, 1.82) is 0 Å². The Kier molecular flexibility index (Phi) is 5.98. The predicted molar refractivity (Wildman–Crippen MR) is 69.8 cm³/mol. The van der Waals surface area contributed by atoms with Gasteiger partial charge in [0.25, 0.3) is 0 Å². The summed E-state index contributed by atoms with van der Waals surface area (Å²) in [6.07, 6.45) is 9.02. The quantitative estimate of drug-likeness (QED) is 0.543. The fourth-order valence-corrected chi connectivity index (χ4v) is 2.11. The second-order valence-electron chi connectivity index (χ2n) is 4.43. The Morgan fingerprint density at radius 2 is 2.29 bits per heavy atom. The predicted octanol–water partition coefficient (Wildman–Crippen LogP) is 2.54. The van der Waals surface area contributed by atoms with E-state index in [4.69, 9.17) is 4.74 Å². The molecular weight excluding hydrogens is 214 g/mol. The van der Waals surface area contributed by atoms with E-state index in [0.717, 1.165) is 31.4 Å². The first-order valence-corrected chi connectivity index (χ1v) is 6.37. The number of carbonyl (C=O) groups excluding carboxylic acids is 1. The molecule has 1 saturated heterocycles. The number of likely N-dealkylation sites (N-methyl/N-ethyl adjacent to an activating group) is 1. The molecule has 0 N–H and O–H groups in total. The third-order valence-corrected chi connectivity index (χ3v) is 3.02. The minimum absolute atomic E-state index is 0.0384. The van der Waals surface area contributed by atoms with Gasteiger partial charge < -0.3 is 4.74 Å². The van der Waals surface area contributed by atoms with E-state index in [1.165, 1.54) is 0 Å². The third-order valence-electron chi connectivity index (χ3n) is 3.02. The van der Waals surface area contributed by atoms with Gasteiger partial charge in [0.15, 0.2) is 0 Å². The van der Waals surface area contributed by atoms with E-state index in [1.54, 1.807) is 0 Å². The van der Waals surface area contributed by atoms with Crippen LogP contribution in [0.4, 0.5) is 0 Å². The zero-order chi connectivity index (χ0) is 12.7. The van der Waals surface area contributed by atoms with Crippen molar-refractivity contribution in [3.05, 3.63) is 23.8 Å². The van der Waals surface area contributed by atoms with E-state index >= 15 is 0 Å². The highest BCUT2D eigenvalue weighted by atomic mass is 16.5. The van der Waals surface area contributed by atoms with Crippen molar-refractivity contribution in [2.75, 3.05) is 20.2 Å². The van der Waals surface area contributed by atoms with E-state index in [1.807, 2.05) is 26.1 Å². The summed E-state index contributed by atoms with van der Waals surface area (Å²) >= 11 is 0. The Labute approximate surface area is 104 Å². The van der Waals surface area contributed by atoms with Gasteiger partial charge in [0.1, 0.15) is 12.6 Å². The van der Waals surface area contributed by atoms with E-state index in [-0.39, 0.29) is 12.0 Å². The Bertz CT molecular complexity index is 307. The molecule has 1 aliphatic rings. The van der Waals surface area contributed by atoms with Crippen LogP contribution in [0, 0.1) is 0 Å². The molecule has 0 unspecified atom stereocenters. The van der Waals surface area contributed by atoms with Gasteiger partial charge in [0, 0.05) is 0 Å². The zero-order valence-corrected chi connectivity index (χ0v) is 11.1. The second kappa shape index (κ2) is 7.28. The first-order chi connectivity index (χ1) is 8.19. The first kappa shape index (κ1) is 14.0. The van der Waals surface area contributed by atoms with Crippen molar-refractivity contribution in [1.82, 2.24) is 4.90 Å². The van der Waals surface area contributed by atoms with Gasteiger partial charge in [0.2, 0.25) is 0 Å². The van der Waals surface area contributed by atoms with Gasteiger partial charge in [-0.15, -0.1) is 0 Å². The third kappa shape index (κ3) is 4.35. The van der Waals surface area contributed by atoms with Gasteiger partial charge >= 0.3 is 5.97 Å². The van der Waals surface area contributed by atoms with Crippen molar-refractivity contribution >= 4 is 5.97 Å².